The number of ether oxygens (including phenoxy) is 1. The minimum Gasteiger partial charge on any atom is -0.493 e. The largest absolute Gasteiger partial charge is 0.493 e. The highest BCUT2D eigenvalue weighted by Gasteiger charge is 2.16. The second-order valence-corrected chi connectivity index (χ2v) is 6.22. The summed E-state index contributed by atoms with van der Waals surface area (Å²) in [5, 5.41) is 5.63. The molecule has 2 N–H and O–H groups in total. The number of benzene rings is 2. The Morgan fingerprint density at radius 2 is 1.73 bits per heavy atom. The van der Waals surface area contributed by atoms with Crippen molar-refractivity contribution in [3.63, 3.8) is 0 Å². The van der Waals surface area contributed by atoms with Gasteiger partial charge in [0.1, 0.15) is 12.2 Å². The van der Waals surface area contributed by atoms with Crippen LogP contribution in [0.15, 0.2) is 48.5 Å². The van der Waals surface area contributed by atoms with Gasteiger partial charge in [0.05, 0.1) is 12.6 Å². The molecule has 0 aliphatic rings. The van der Waals surface area contributed by atoms with Crippen molar-refractivity contribution in [2.75, 3.05) is 11.9 Å². The average Bonchev–Trinajstić information content (AvgIpc) is 2.62. The van der Waals surface area contributed by atoms with Crippen molar-refractivity contribution in [2.24, 2.45) is 0 Å². The highest BCUT2D eigenvalue weighted by molar-refractivity contribution is 6.03. The fraction of sp³-hybridized carbons (Fsp3) is 0.333. The van der Waals surface area contributed by atoms with Gasteiger partial charge in [-0.3, -0.25) is 9.59 Å². The summed E-state index contributed by atoms with van der Waals surface area (Å²) >= 11 is 0. The Balaban J connectivity index is 1.93. The van der Waals surface area contributed by atoms with E-state index in [1.165, 1.54) is 0 Å². The average molecular weight is 354 g/mol. The molecule has 0 fully saturated rings. The predicted molar refractivity (Wildman–Crippen MR) is 103 cm³/mol. The second kappa shape index (κ2) is 9.61. The summed E-state index contributed by atoms with van der Waals surface area (Å²) in [4.78, 5) is 24.3. The molecule has 0 aliphatic heterocycles. The number of rotatable bonds is 8. The van der Waals surface area contributed by atoms with Crippen molar-refractivity contribution in [3.8, 4) is 5.75 Å². The topological polar surface area (TPSA) is 67.4 Å². The van der Waals surface area contributed by atoms with Gasteiger partial charge in [0, 0.05) is 11.3 Å². The number of amides is 2. The molecule has 0 unspecified atom stereocenters. The van der Waals surface area contributed by atoms with Crippen molar-refractivity contribution in [3.05, 3.63) is 59.7 Å². The number of hydrogen-bond donors (Lipinski definition) is 2. The van der Waals surface area contributed by atoms with Crippen molar-refractivity contribution in [2.45, 2.75) is 39.7 Å². The first-order valence-electron chi connectivity index (χ1n) is 8.87. The molecule has 0 saturated heterocycles. The molecule has 0 heterocycles. The molecule has 5 nitrogen and oxygen atoms in total. The number of para-hydroxylation sites is 2. The predicted octanol–water partition coefficient (Wildman–Crippen LogP) is 3.99. The maximum absolute atomic E-state index is 12.2. The van der Waals surface area contributed by atoms with E-state index in [-0.39, 0.29) is 24.3 Å². The highest BCUT2D eigenvalue weighted by atomic mass is 16.5. The van der Waals surface area contributed by atoms with Gasteiger partial charge in [-0.15, -0.1) is 0 Å². The van der Waals surface area contributed by atoms with Gasteiger partial charge < -0.3 is 15.4 Å². The van der Waals surface area contributed by atoms with Crippen LogP contribution in [0.2, 0.25) is 0 Å². The molecule has 2 aromatic carbocycles. The Bertz CT molecular complexity index is 758. The second-order valence-electron chi connectivity index (χ2n) is 6.22. The SMILES string of the molecule is CCCOc1ccccc1[C@@H](C)NC(=O)CC(=O)Nc1ccccc1C. The number of carbonyl (C=O) groups excluding carboxylic acids is 2. The van der Waals surface area contributed by atoms with Gasteiger partial charge in [0.2, 0.25) is 11.8 Å². The summed E-state index contributed by atoms with van der Waals surface area (Å²) in [6.45, 7) is 6.45. The summed E-state index contributed by atoms with van der Waals surface area (Å²) < 4.78 is 5.73. The van der Waals surface area contributed by atoms with Crippen LogP contribution in [0, 0.1) is 6.92 Å². The lowest BCUT2D eigenvalue weighted by atomic mass is 10.1. The van der Waals surface area contributed by atoms with E-state index in [1.54, 1.807) is 0 Å². The number of hydrogen-bond acceptors (Lipinski definition) is 3. The van der Waals surface area contributed by atoms with Crippen molar-refractivity contribution in [1.82, 2.24) is 5.32 Å². The lowest BCUT2D eigenvalue weighted by Crippen LogP contribution is -2.30. The maximum atomic E-state index is 12.2. The Morgan fingerprint density at radius 1 is 1.04 bits per heavy atom. The minimum atomic E-state index is -0.334. The van der Waals surface area contributed by atoms with E-state index in [0.29, 0.717) is 6.61 Å². The monoisotopic (exact) mass is 354 g/mol. The van der Waals surface area contributed by atoms with Gasteiger partial charge in [-0.25, -0.2) is 0 Å². The fourth-order valence-corrected chi connectivity index (χ4v) is 2.61. The third-order valence-corrected chi connectivity index (χ3v) is 3.96. The molecule has 2 rings (SSSR count). The van der Waals surface area contributed by atoms with Crippen LogP contribution in [0.1, 0.15) is 43.9 Å². The van der Waals surface area contributed by atoms with Gasteiger partial charge in [-0.05, 0) is 38.0 Å². The lowest BCUT2D eigenvalue weighted by molar-refractivity contribution is -0.127. The third kappa shape index (κ3) is 5.62. The summed E-state index contributed by atoms with van der Waals surface area (Å²) in [6, 6.07) is 14.8. The van der Waals surface area contributed by atoms with Crippen LogP contribution in [0.4, 0.5) is 5.69 Å². The Morgan fingerprint density at radius 3 is 2.46 bits per heavy atom. The fourth-order valence-electron chi connectivity index (χ4n) is 2.61. The highest BCUT2D eigenvalue weighted by Crippen LogP contribution is 2.25. The van der Waals surface area contributed by atoms with Crippen LogP contribution < -0.4 is 15.4 Å². The summed E-state index contributed by atoms with van der Waals surface area (Å²) in [5.74, 6) is 0.0971. The van der Waals surface area contributed by atoms with Crippen LogP contribution in [-0.4, -0.2) is 18.4 Å². The molecule has 0 spiro atoms. The molecule has 2 amide bonds. The quantitative estimate of drug-likeness (QED) is 0.704. The number of carbonyl (C=O) groups is 2. The van der Waals surface area contributed by atoms with Crippen LogP contribution in [-0.2, 0) is 9.59 Å². The van der Waals surface area contributed by atoms with E-state index in [1.807, 2.05) is 69.3 Å². The molecule has 0 saturated carbocycles. The molecule has 0 aliphatic carbocycles. The molecular weight excluding hydrogens is 328 g/mol. The van der Waals surface area contributed by atoms with E-state index in [4.69, 9.17) is 4.74 Å². The third-order valence-electron chi connectivity index (χ3n) is 3.96. The van der Waals surface area contributed by atoms with Crippen LogP contribution in [0.25, 0.3) is 0 Å². The molecule has 5 heteroatoms. The molecule has 0 aromatic heterocycles. The molecule has 0 bridgehead atoms. The van der Waals surface area contributed by atoms with E-state index in [9.17, 15) is 9.59 Å². The van der Waals surface area contributed by atoms with Crippen LogP contribution in [0.5, 0.6) is 5.75 Å². The molecular formula is C21H26N2O3. The Hall–Kier alpha value is -2.82. The summed E-state index contributed by atoms with van der Waals surface area (Å²) in [6.07, 6.45) is 0.685. The molecule has 0 radical (unpaired) electrons. The van der Waals surface area contributed by atoms with Gasteiger partial charge >= 0.3 is 0 Å². The standard InChI is InChI=1S/C21H26N2O3/c1-4-13-26-19-12-8-6-10-17(19)16(3)22-20(24)14-21(25)23-18-11-7-5-9-15(18)2/h5-12,16H,4,13-14H2,1-3H3,(H,22,24)(H,23,25)/t16-/m1/s1. The Labute approximate surface area is 154 Å². The van der Waals surface area contributed by atoms with E-state index in [2.05, 4.69) is 10.6 Å². The van der Waals surface area contributed by atoms with Crippen molar-refractivity contribution in [1.29, 1.82) is 0 Å². The van der Waals surface area contributed by atoms with Crippen LogP contribution >= 0.6 is 0 Å². The van der Waals surface area contributed by atoms with Gasteiger partial charge in [-0.2, -0.15) is 0 Å². The Kier molecular flexibility index (Phi) is 7.21. The first-order valence-corrected chi connectivity index (χ1v) is 8.87. The van der Waals surface area contributed by atoms with E-state index in [0.717, 1.165) is 29.0 Å². The molecule has 138 valence electrons. The van der Waals surface area contributed by atoms with Crippen LogP contribution in [0.3, 0.4) is 0 Å². The molecule has 2 aromatic rings. The first-order chi connectivity index (χ1) is 12.5. The number of nitrogens with one attached hydrogen (secondary N) is 2. The van der Waals surface area contributed by atoms with Gasteiger partial charge in [-0.1, -0.05) is 43.3 Å². The minimum absolute atomic E-state index is 0.226. The lowest BCUT2D eigenvalue weighted by Gasteiger charge is -2.18. The van der Waals surface area contributed by atoms with Gasteiger partial charge in [0.25, 0.3) is 0 Å². The summed E-state index contributed by atoms with van der Waals surface area (Å²) in [5.41, 5.74) is 2.57. The molecule has 1 atom stereocenters. The summed E-state index contributed by atoms with van der Waals surface area (Å²) in [7, 11) is 0. The zero-order valence-corrected chi connectivity index (χ0v) is 15.5. The zero-order chi connectivity index (χ0) is 18.9. The maximum Gasteiger partial charge on any atom is 0.233 e. The van der Waals surface area contributed by atoms with E-state index < -0.39 is 0 Å². The smallest absolute Gasteiger partial charge is 0.233 e. The van der Waals surface area contributed by atoms with E-state index >= 15 is 0 Å². The zero-order valence-electron chi connectivity index (χ0n) is 15.5. The normalized spacial score (nSPS) is 11.5. The van der Waals surface area contributed by atoms with Gasteiger partial charge in [0.15, 0.2) is 0 Å². The molecule has 26 heavy (non-hydrogen) atoms. The van der Waals surface area contributed by atoms with Crippen molar-refractivity contribution < 1.29 is 14.3 Å². The first kappa shape index (κ1) is 19.5. The number of aryl methyl sites for hydroxylation is 1. The van der Waals surface area contributed by atoms with Crippen molar-refractivity contribution >= 4 is 17.5 Å². The number of anilines is 1.